The number of amides is 2. The van der Waals surface area contributed by atoms with Crippen LogP contribution in [0.15, 0.2) is 53.2 Å². The van der Waals surface area contributed by atoms with Crippen LogP contribution in [0.2, 0.25) is 0 Å². The molecule has 3 aromatic rings. The highest BCUT2D eigenvalue weighted by Gasteiger charge is 2.29. The van der Waals surface area contributed by atoms with E-state index in [1.54, 1.807) is 0 Å². The highest BCUT2D eigenvalue weighted by Crippen LogP contribution is 2.34. The Morgan fingerprint density at radius 2 is 1.87 bits per heavy atom. The van der Waals surface area contributed by atoms with Gasteiger partial charge in [0.1, 0.15) is 18.2 Å². The molecule has 2 amide bonds. The number of nitrogens with zero attached hydrogens (tertiary/aromatic N) is 4. The number of fused-ring (bicyclic) bond motifs is 2. The van der Waals surface area contributed by atoms with E-state index in [1.807, 2.05) is 22.8 Å². The number of benzene rings is 2. The van der Waals surface area contributed by atoms with Crippen molar-refractivity contribution in [3.63, 3.8) is 0 Å². The number of ether oxygens (including phenoxy) is 1. The van der Waals surface area contributed by atoms with Gasteiger partial charge in [0.25, 0.3) is 0 Å². The Morgan fingerprint density at radius 1 is 1.05 bits per heavy atom. The second-order valence-corrected chi connectivity index (χ2v) is 11.1. The van der Waals surface area contributed by atoms with E-state index in [2.05, 4.69) is 65.1 Å². The van der Waals surface area contributed by atoms with Crippen molar-refractivity contribution in [2.24, 2.45) is 5.92 Å². The maximum atomic E-state index is 13.6. The number of allylic oxidation sites excluding steroid dienone is 3. The predicted octanol–water partition coefficient (Wildman–Crippen LogP) is 5.83. The molecule has 0 saturated carbocycles. The van der Waals surface area contributed by atoms with Crippen molar-refractivity contribution >= 4 is 28.7 Å². The lowest BCUT2D eigenvalue weighted by Crippen LogP contribution is -2.52. The number of imidazole rings is 1. The summed E-state index contributed by atoms with van der Waals surface area (Å²) in [4.78, 5) is 27.7. The van der Waals surface area contributed by atoms with Crippen LogP contribution in [0, 0.1) is 19.8 Å². The first kappa shape index (κ1) is 24.9. The predicted molar refractivity (Wildman–Crippen MR) is 151 cm³/mol. The summed E-state index contributed by atoms with van der Waals surface area (Å²) >= 11 is 6.58. The van der Waals surface area contributed by atoms with Crippen LogP contribution in [0.1, 0.15) is 30.3 Å². The lowest BCUT2D eigenvalue weighted by atomic mass is 9.98. The van der Waals surface area contributed by atoms with Gasteiger partial charge in [-0.05, 0) is 73.2 Å². The van der Waals surface area contributed by atoms with Gasteiger partial charge < -0.3 is 24.4 Å². The summed E-state index contributed by atoms with van der Waals surface area (Å²) in [6.07, 6.45) is 5.25. The maximum absolute atomic E-state index is 13.6. The molecule has 7 nitrogen and oxygen atoms in total. The zero-order valence-corrected chi connectivity index (χ0v) is 23.0. The summed E-state index contributed by atoms with van der Waals surface area (Å²) in [5.74, 6) is 2.28. The highest BCUT2D eigenvalue weighted by molar-refractivity contribution is 6.30. The standard InChI is InChI=1S/C30H34ClN5O2/c1-19-4-7-28(25(31)14-19)34-8-10-35(11-9-34)30(37)36-12-13-38-29-20(2)15-23(16-24(29)18-36)22-5-6-26-27(17-22)33-21(3)32-26/h4-7,15-17,19H,8-14,18H2,1-3H3,(H,32,33). The van der Waals surface area contributed by atoms with E-state index < -0.39 is 0 Å². The smallest absolute Gasteiger partial charge is 0.320 e. The van der Waals surface area contributed by atoms with Crippen LogP contribution in [-0.2, 0) is 6.54 Å². The van der Waals surface area contributed by atoms with Gasteiger partial charge in [-0.15, -0.1) is 0 Å². The molecule has 38 heavy (non-hydrogen) atoms. The first-order valence-corrected chi connectivity index (χ1v) is 13.8. The van der Waals surface area contributed by atoms with Crippen LogP contribution in [0.5, 0.6) is 5.75 Å². The van der Waals surface area contributed by atoms with Gasteiger partial charge >= 0.3 is 6.03 Å². The van der Waals surface area contributed by atoms with Crippen molar-refractivity contribution in [3.8, 4) is 16.9 Å². The number of aryl methyl sites for hydroxylation is 2. The molecule has 0 bridgehead atoms. The second-order valence-electron chi connectivity index (χ2n) is 10.7. The topological polar surface area (TPSA) is 64.7 Å². The van der Waals surface area contributed by atoms with Crippen LogP contribution < -0.4 is 4.74 Å². The third kappa shape index (κ3) is 4.75. The van der Waals surface area contributed by atoms with Crippen LogP contribution in [0.4, 0.5) is 4.79 Å². The fourth-order valence-electron chi connectivity index (χ4n) is 5.78. The summed E-state index contributed by atoms with van der Waals surface area (Å²) in [5, 5.41) is 0.925. The van der Waals surface area contributed by atoms with Crippen LogP contribution in [0.3, 0.4) is 0 Å². The van der Waals surface area contributed by atoms with Gasteiger partial charge in [-0.3, -0.25) is 0 Å². The molecular formula is C30H34ClN5O2. The number of halogens is 1. The molecule has 3 heterocycles. The van der Waals surface area contributed by atoms with Crippen LogP contribution in [0.25, 0.3) is 22.2 Å². The molecule has 1 unspecified atom stereocenters. The van der Waals surface area contributed by atoms with Gasteiger partial charge in [-0.1, -0.05) is 30.7 Å². The Morgan fingerprint density at radius 3 is 2.66 bits per heavy atom. The normalized spacial score (nSPS) is 20.0. The number of nitrogens with one attached hydrogen (secondary N) is 1. The molecule has 8 heteroatoms. The zero-order valence-electron chi connectivity index (χ0n) is 22.3. The van der Waals surface area contributed by atoms with Gasteiger partial charge in [-0.2, -0.15) is 0 Å². The average Bonchev–Trinajstić information content (AvgIpc) is 3.13. The van der Waals surface area contributed by atoms with E-state index in [0.29, 0.717) is 38.7 Å². The molecule has 1 N–H and O–H groups in total. The summed E-state index contributed by atoms with van der Waals surface area (Å²) in [5.41, 5.74) is 7.46. The van der Waals surface area contributed by atoms with Crippen molar-refractivity contribution in [1.82, 2.24) is 24.7 Å². The molecule has 2 aromatic carbocycles. The number of aromatic nitrogens is 2. The monoisotopic (exact) mass is 531 g/mol. The van der Waals surface area contributed by atoms with Crippen molar-refractivity contribution in [3.05, 3.63) is 70.2 Å². The molecule has 1 aliphatic carbocycles. The third-order valence-corrected chi connectivity index (χ3v) is 8.13. The number of rotatable bonds is 2. The lowest BCUT2D eigenvalue weighted by Gasteiger charge is -2.39. The van der Waals surface area contributed by atoms with Crippen molar-refractivity contribution in [2.75, 3.05) is 39.3 Å². The minimum atomic E-state index is 0.0754. The average molecular weight is 532 g/mol. The summed E-state index contributed by atoms with van der Waals surface area (Å²) < 4.78 is 6.16. The second kappa shape index (κ2) is 10.0. The molecule has 1 atom stereocenters. The number of aromatic amines is 1. The van der Waals surface area contributed by atoms with E-state index in [1.165, 1.54) is 0 Å². The van der Waals surface area contributed by atoms with Gasteiger partial charge in [0.05, 0.1) is 29.8 Å². The van der Waals surface area contributed by atoms with Crippen molar-refractivity contribution in [2.45, 2.75) is 33.7 Å². The minimum absolute atomic E-state index is 0.0754. The Balaban J connectivity index is 1.18. The maximum Gasteiger partial charge on any atom is 0.320 e. The highest BCUT2D eigenvalue weighted by atomic mass is 35.5. The molecule has 1 saturated heterocycles. The Kier molecular flexibility index (Phi) is 6.56. The number of piperazine rings is 1. The number of hydrogen-bond donors (Lipinski definition) is 1. The number of urea groups is 1. The van der Waals surface area contributed by atoms with Gasteiger partial charge in [0.15, 0.2) is 0 Å². The van der Waals surface area contributed by atoms with E-state index in [0.717, 1.165) is 75.1 Å². The molecule has 1 fully saturated rings. The number of H-pyrrole nitrogens is 1. The number of hydrogen-bond acceptors (Lipinski definition) is 4. The number of carbonyl (C=O) groups is 1. The fourth-order valence-corrected chi connectivity index (χ4v) is 6.20. The van der Waals surface area contributed by atoms with Crippen molar-refractivity contribution < 1.29 is 9.53 Å². The molecule has 2 aliphatic heterocycles. The molecular weight excluding hydrogens is 498 g/mol. The Labute approximate surface area is 228 Å². The van der Waals surface area contributed by atoms with Crippen LogP contribution >= 0.6 is 11.6 Å². The molecule has 3 aliphatic rings. The van der Waals surface area contributed by atoms with Crippen molar-refractivity contribution in [1.29, 1.82) is 0 Å². The van der Waals surface area contributed by atoms with E-state index in [-0.39, 0.29) is 6.03 Å². The Hall–Kier alpha value is -3.45. The zero-order chi connectivity index (χ0) is 26.4. The fraction of sp³-hybridized carbons (Fsp3) is 0.400. The Bertz CT molecular complexity index is 1450. The molecule has 1 aromatic heterocycles. The minimum Gasteiger partial charge on any atom is -0.491 e. The third-order valence-electron chi connectivity index (χ3n) is 7.78. The van der Waals surface area contributed by atoms with E-state index >= 15 is 0 Å². The SMILES string of the molecule is Cc1nc2ccc(-c3cc(C)c4c(c3)CN(C(=O)N3CCN(C5=C(Cl)CC(C)C=C5)CC3)CCO4)cc2[nH]1. The van der Waals surface area contributed by atoms with Gasteiger partial charge in [0, 0.05) is 36.8 Å². The summed E-state index contributed by atoms with van der Waals surface area (Å²) in [7, 11) is 0. The first-order valence-electron chi connectivity index (χ1n) is 13.4. The summed E-state index contributed by atoms with van der Waals surface area (Å²) in [6.45, 7) is 10.8. The molecule has 0 spiro atoms. The lowest BCUT2D eigenvalue weighted by molar-refractivity contribution is 0.120. The first-order chi connectivity index (χ1) is 18.4. The van der Waals surface area contributed by atoms with Crippen LogP contribution in [-0.4, -0.2) is 70.0 Å². The van der Waals surface area contributed by atoms with E-state index in [4.69, 9.17) is 16.3 Å². The number of carbonyl (C=O) groups excluding carboxylic acids is 1. The summed E-state index contributed by atoms with van der Waals surface area (Å²) in [6, 6.07) is 10.7. The molecule has 0 radical (unpaired) electrons. The van der Waals surface area contributed by atoms with Gasteiger partial charge in [-0.25, -0.2) is 9.78 Å². The molecule has 6 rings (SSSR count). The molecule has 198 valence electrons. The largest absolute Gasteiger partial charge is 0.491 e. The quantitative estimate of drug-likeness (QED) is 0.452. The van der Waals surface area contributed by atoms with E-state index in [9.17, 15) is 4.79 Å². The van der Waals surface area contributed by atoms with Gasteiger partial charge in [0.2, 0.25) is 0 Å².